The first-order valence-electron chi connectivity index (χ1n) is 4.30. The van der Waals surface area contributed by atoms with Gasteiger partial charge in [0.05, 0.1) is 15.8 Å². The average Bonchev–Trinajstić information content (AvgIpc) is 2.17. The summed E-state index contributed by atoms with van der Waals surface area (Å²) in [6.07, 6.45) is 0. The highest BCUT2D eigenvalue weighted by molar-refractivity contribution is 5.88. The highest BCUT2D eigenvalue weighted by atomic mass is 19.1. The lowest BCUT2D eigenvalue weighted by atomic mass is 10.1. The first kappa shape index (κ1) is 9.51. The molecule has 0 spiro atoms. The number of rotatable bonds is 1. The van der Waals surface area contributed by atoms with E-state index >= 15 is 0 Å². The number of nitro groups is 1. The molecule has 0 fully saturated rings. The molecule has 0 aliphatic heterocycles. The highest BCUT2D eigenvalue weighted by Gasteiger charge is 2.18. The summed E-state index contributed by atoms with van der Waals surface area (Å²) >= 11 is 0. The second kappa shape index (κ2) is 3.27. The van der Waals surface area contributed by atoms with Gasteiger partial charge in [-0.15, -0.1) is 0 Å². The first-order chi connectivity index (χ1) is 7.09. The molecule has 0 radical (unpaired) electrons. The van der Waals surface area contributed by atoms with Crippen LogP contribution < -0.4 is 0 Å². The second-order valence-electron chi connectivity index (χ2n) is 3.17. The Morgan fingerprint density at radius 2 is 2.07 bits per heavy atom. The smallest absolute Gasteiger partial charge is 0.258 e. The summed E-state index contributed by atoms with van der Waals surface area (Å²) in [4.78, 5) is 14.0. The molecule has 0 N–H and O–H groups in total. The number of aromatic nitrogens is 1. The summed E-state index contributed by atoms with van der Waals surface area (Å²) in [5.41, 5.74) is 0.659. The van der Waals surface area contributed by atoms with E-state index in [0.29, 0.717) is 5.52 Å². The van der Waals surface area contributed by atoms with Crippen LogP contribution in [0.5, 0.6) is 0 Å². The van der Waals surface area contributed by atoms with Gasteiger partial charge in [-0.25, -0.2) is 0 Å². The zero-order valence-corrected chi connectivity index (χ0v) is 7.90. The summed E-state index contributed by atoms with van der Waals surface area (Å²) in [6.45, 7) is 1.77. The molecule has 0 aliphatic carbocycles. The zero-order chi connectivity index (χ0) is 11.0. The lowest BCUT2D eigenvalue weighted by molar-refractivity contribution is -0.385. The van der Waals surface area contributed by atoms with Gasteiger partial charge in [0.25, 0.3) is 0 Å². The minimum atomic E-state index is -0.835. The van der Waals surface area contributed by atoms with Gasteiger partial charge in [-0.05, 0) is 31.2 Å². The van der Waals surface area contributed by atoms with Gasteiger partial charge >= 0.3 is 5.69 Å². The molecule has 0 amide bonds. The van der Waals surface area contributed by atoms with Crippen LogP contribution in [-0.2, 0) is 0 Å². The van der Waals surface area contributed by atoms with E-state index in [0.717, 1.165) is 11.8 Å². The van der Waals surface area contributed by atoms with Crippen molar-refractivity contribution in [3.8, 4) is 0 Å². The van der Waals surface area contributed by atoms with E-state index in [4.69, 9.17) is 0 Å². The summed E-state index contributed by atoms with van der Waals surface area (Å²) in [6, 6.07) is 5.63. The molecular weight excluding hydrogens is 199 g/mol. The Kier molecular flexibility index (Phi) is 2.07. The molecule has 1 aromatic carbocycles. The Balaban J connectivity index is 2.88. The van der Waals surface area contributed by atoms with Gasteiger partial charge in [0.2, 0.25) is 5.82 Å². The molecule has 1 heterocycles. The SMILES string of the molecule is Cc1ccc2c([N+](=O)[O-])c(F)ccc2n1. The van der Waals surface area contributed by atoms with Gasteiger partial charge in [0.1, 0.15) is 0 Å². The van der Waals surface area contributed by atoms with Crippen LogP contribution >= 0.6 is 0 Å². The number of hydrogen-bond donors (Lipinski definition) is 0. The van der Waals surface area contributed by atoms with Crippen molar-refractivity contribution >= 4 is 16.6 Å². The second-order valence-corrected chi connectivity index (χ2v) is 3.17. The van der Waals surface area contributed by atoms with Crippen molar-refractivity contribution in [3.05, 3.63) is 45.9 Å². The van der Waals surface area contributed by atoms with Crippen molar-refractivity contribution in [3.63, 3.8) is 0 Å². The van der Waals surface area contributed by atoms with E-state index < -0.39 is 16.4 Å². The van der Waals surface area contributed by atoms with Crippen molar-refractivity contribution in [2.24, 2.45) is 0 Å². The van der Waals surface area contributed by atoms with Crippen LogP contribution in [0.15, 0.2) is 24.3 Å². The van der Waals surface area contributed by atoms with Crippen LogP contribution in [0, 0.1) is 22.9 Å². The maximum atomic E-state index is 13.2. The predicted octanol–water partition coefficient (Wildman–Crippen LogP) is 2.59. The van der Waals surface area contributed by atoms with Crippen LogP contribution in [0.4, 0.5) is 10.1 Å². The fourth-order valence-corrected chi connectivity index (χ4v) is 1.45. The van der Waals surface area contributed by atoms with Crippen LogP contribution in [0.3, 0.4) is 0 Å². The van der Waals surface area contributed by atoms with Crippen molar-refractivity contribution < 1.29 is 9.31 Å². The van der Waals surface area contributed by atoms with E-state index in [-0.39, 0.29) is 5.39 Å². The third-order valence-corrected chi connectivity index (χ3v) is 2.12. The molecule has 2 rings (SSSR count). The van der Waals surface area contributed by atoms with Gasteiger partial charge in [0, 0.05) is 5.69 Å². The van der Waals surface area contributed by atoms with E-state index in [9.17, 15) is 14.5 Å². The lowest BCUT2D eigenvalue weighted by Gasteiger charge is -2.00. The standard InChI is InChI=1S/C10H7FN2O2/c1-6-2-3-7-9(12-6)5-4-8(11)10(7)13(14)15/h2-5H,1H3. The molecule has 76 valence electrons. The minimum absolute atomic E-state index is 0.227. The van der Waals surface area contributed by atoms with Gasteiger partial charge in [-0.3, -0.25) is 15.1 Å². The summed E-state index contributed by atoms with van der Waals surface area (Å²) in [5.74, 6) is -0.835. The molecular formula is C10H7FN2O2. The fraction of sp³-hybridized carbons (Fsp3) is 0.100. The Morgan fingerprint density at radius 3 is 2.73 bits per heavy atom. The van der Waals surface area contributed by atoms with Gasteiger partial charge in [-0.1, -0.05) is 0 Å². The normalized spacial score (nSPS) is 10.5. The van der Waals surface area contributed by atoms with E-state index in [1.165, 1.54) is 12.1 Å². The number of nitro benzene ring substituents is 1. The maximum Gasteiger partial charge on any atom is 0.314 e. The maximum absolute atomic E-state index is 13.2. The number of fused-ring (bicyclic) bond motifs is 1. The number of pyridine rings is 1. The Morgan fingerprint density at radius 1 is 1.33 bits per heavy atom. The zero-order valence-electron chi connectivity index (χ0n) is 7.90. The van der Waals surface area contributed by atoms with Gasteiger partial charge in [-0.2, -0.15) is 4.39 Å². The highest BCUT2D eigenvalue weighted by Crippen LogP contribution is 2.27. The molecule has 5 heteroatoms. The molecule has 0 bridgehead atoms. The van der Waals surface area contributed by atoms with E-state index in [1.54, 1.807) is 13.0 Å². The van der Waals surface area contributed by atoms with Crippen LogP contribution in [0.25, 0.3) is 10.9 Å². The third kappa shape index (κ3) is 1.52. The van der Waals surface area contributed by atoms with Crippen molar-refractivity contribution in [2.45, 2.75) is 6.92 Å². The predicted molar refractivity (Wildman–Crippen MR) is 53.1 cm³/mol. The molecule has 15 heavy (non-hydrogen) atoms. The number of benzene rings is 1. The number of hydrogen-bond acceptors (Lipinski definition) is 3. The summed E-state index contributed by atoms with van der Waals surface area (Å²) < 4.78 is 13.2. The summed E-state index contributed by atoms with van der Waals surface area (Å²) in [5, 5.41) is 10.9. The molecule has 0 saturated heterocycles. The van der Waals surface area contributed by atoms with Crippen molar-refractivity contribution in [1.82, 2.24) is 4.98 Å². The van der Waals surface area contributed by atoms with E-state index in [1.807, 2.05) is 0 Å². The number of halogens is 1. The molecule has 0 aliphatic rings. The Bertz CT molecular complexity index is 554. The van der Waals surface area contributed by atoms with Crippen molar-refractivity contribution in [2.75, 3.05) is 0 Å². The van der Waals surface area contributed by atoms with Crippen molar-refractivity contribution in [1.29, 1.82) is 0 Å². The summed E-state index contributed by atoms with van der Waals surface area (Å²) in [7, 11) is 0. The minimum Gasteiger partial charge on any atom is -0.258 e. The van der Waals surface area contributed by atoms with Crippen LogP contribution in [0.1, 0.15) is 5.69 Å². The van der Waals surface area contributed by atoms with Gasteiger partial charge in [0.15, 0.2) is 0 Å². The molecule has 0 saturated carbocycles. The molecule has 0 atom stereocenters. The average molecular weight is 206 g/mol. The van der Waals surface area contributed by atoms with Gasteiger partial charge < -0.3 is 0 Å². The Hall–Kier alpha value is -2.04. The number of aryl methyl sites for hydroxylation is 1. The number of nitrogens with zero attached hydrogens (tertiary/aromatic N) is 2. The van der Waals surface area contributed by atoms with Crippen LogP contribution in [-0.4, -0.2) is 9.91 Å². The monoisotopic (exact) mass is 206 g/mol. The lowest BCUT2D eigenvalue weighted by Crippen LogP contribution is -1.95. The fourth-order valence-electron chi connectivity index (χ4n) is 1.45. The van der Waals surface area contributed by atoms with E-state index in [2.05, 4.69) is 4.98 Å². The first-order valence-corrected chi connectivity index (χ1v) is 4.30. The molecule has 4 nitrogen and oxygen atoms in total. The van der Waals surface area contributed by atoms with Crippen LogP contribution in [0.2, 0.25) is 0 Å². The molecule has 0 unspecified atom stereocenters. The quantitative estimate of drug-likeness (QED) is 0.532. The Labute approximate surface area is 84.5 Å². The molecule has 2 aromatic rings. The largest absolute Gasteiger partial charge is 0.314 e. The molecule has 1 aromatic heterocycles. The topological polar surface area (TPSA) is 56.0 Å². The third-order valence-electron chi connectivity index (χ3n) is 2.12.